The highest BCUT2D eigenvalue weighted by Crippen LogP contribution is 2.34. The fourth-order valence-electron chi connectivity index (χ4n) is 3.48. The summed E-state index contributed by atoms with van der Waals surface area (Å²) < 4.78 is 0. The van der Waals surface area contributed by atoms with Gasteiger partial charge < -0.3 is 5.32 Å². The smallest absolute Gasteiger partial charge is 0.272 e. The van der Waals surface area contributed by atoms with Gasteiger partial charge in [-0.1, -0.05) is 31.5 Å². The second-order valence-electron chi connectivity index (χ2n) is 5.83. The first-order valence-corrected chi connectivity index (χ1v) is 7.55. The summed E-state index contributed by atoms with van der Waals surface area (Å²) in [5.74, 6) is 1.27. The molecule has 1 aromatic rings. The second kappa shape index (κ2) is 6.84. The zero-order chi connectivity index (χ0) is 14.5. The van der Waals surface area contributed by atoms with Crippen LogP contribution in [0.4, 0.5) is 5.69 Å². The van der Waals surface area contributed by atoms with E-state index in [0.29, 0.717) is 12.0 Å². The summed E-state index contributed by atoms with van der Waals surface area (Å²) in [4.78, 5) is 10.9. The third kappa shape index (κ3) is 3.37. The standard InChI is InChI=1S/C16H24N2O2/c1-3-12-8-9-15(17-2)14(10-12)11-13-6-4-5-7-16(13)18(19)20/h4-7,12,14-15,17H,3,8-11H2,1-2H3. The van der Waals surface area contributed by atoms with Gasteiger partial charge in [-0.3, -0.25) is 10.1 Å². The number of nitrogens with zero attached hydrogens (tertiary/aromatic N) is 1. The van der Waals surface area contributed by atoms with Crippen molar-refractivity contribution in [1.29, 1.82) is 0 Å². The van der Waals surface area contributed by atoms with E-state index in [1.165, 1.54) is 25.7 Å². The molecule has 1 aliphatic carbocycles. The Kier molecular flexibility index (Phi) is 5.12. The molecule has 3 unspecified atom stereocenters. The van der Waals surface area contributed by atoms with Crippen LogP contribution in [0, 0.1) is 22.0 Å². The van der Waals surface area contributed by atoms with E-state index in [1.807, 2.05) is 19.2 Å². The lowest BCUT2D eigenvalue weighted by Crippen LogP contribution is -2.39. The first kappa shape index (κ1) is 15.0. The van der Waals surface area contributed by atoms with Gasteiger partial charge in [-0.2, -0.15) is 0 Å². The summed E-state index contributed by atoms with van der Waals surface area (Å²) >= 11 is 0. The van der Waals surface area contributed by atoms with Crippen molar-refractivity contribution in [2.24, 2.45) is 11.8 Å². The number of hydrogen-bond donors (Lipinski definition) is 1. The van der Waals surface area contributed by atoms with E-state index in [9.17, 15) is 10.1 Å². The number of nitro benzene ring substituents is 1. The van der Waals surface area contributed by atoms with E-state index >= 15 is 0 Å². The van der Waals surface area contributed by atoms with Crippen LogP contribution in [0.15, 0.2) is 24.3 Å². The Hall–Kier alpha value is -1.42. The monoisotopic (exact) mass is 276 g/mol. The first-order chi connectivity index (χ1) is 9.65. The van der Waals surface area contributed by atoms with Crippen molar-refractivity contribution in [3.05, 3.63) is 39.9 Å². The summed E-state index contributed by atoms with van der Waals surface area (Å²) in [6.45, 7) is 2.24. The van der Waals surface area contributed by atoms with Gasteiger partial charge in [-0.25, -0.2) is 0 Å². The zero-order valence-corrected chi connectivity index (χ0v) is 12.3. The topological polar surface area (TPSA) is 55.2 Å². The van der Waals surface area contributed by atoms with E-state index in [1.54, 1.807) is 12.1 Å². The van der Waals surface area contributed by atoms with Gasteiger partial charge in [-0.05, 0) is 44.6 Å². The molecule has 2 rings (SSSR count). The average Bonchev–Trinajstić information content (AvgIpc) is 2.47. The molecule has 3 atom stereocenters. The number of nitro groups is 1. The Bertz CT molecular complexity index is 462. The van der Waals surface area contributed by atoms with Crippen LogP contribution in [0.1, 0.15) is 38.2 Å². The number of benzene rings is 1. The molecule has 1 aromatic carbocycles. The van der Waals surface area contributed by atoms with Gasteiger partial charge >= 0.3 is 0 Å². The highest BCUT2D eigenvalue weighted by atomic mass is 16.6. The minimum Gasteiger partial charge on any atom is -0.317 e. The molecule has 0 heterocycles. The third-order valence-electron chi connectivity index (χ3n) is 4.71. The van der Waals surface area contributed by atoms with E-state index in [0.717, 1.165) is 17.9 Å². The second-order valence-corrected chi connectivity index (χ2v) is 5.83. The molecule has 0 amide bonds. The van der Waals surface area contributed by atoms with Gasteiger partial charge in [0.2, 0.25) is 0 Å². The van der Waals surface area contributed by atoms with Crippen LogP contribution >= 0.6 is 0 Å². The van der Waals surface area contributed by atoms with Crippen molar-refractivity contribution >= 4 is 5.69 Å². The molecule has 0 spiro atoms. The molecule has 4 nitrogen and oxygen atoms in total. The van der Waals surface area contributed by atoms with E-state index in [4.69, 9.17) is 0 Å². The Morgan fingerprint density at radius 2 is 2.10 bits per heavy atom. The molecular weight excluding hydrogens is 252 g/mol. The van der Waals surface area contributed by atoms with Crippen molar-refractivity contribution in [2.75, 3.05) is 7.05 Å². The lowest BCUT2D eigenvalue weighted by Gasteiger charge is -2.36. The molecule has 20 heavy (non-hydrogen) atoms. The van der Waals surface area contributed by atoms with Gasteiger partial charge in [0.1, 0.15) is 0 Å². The molecule has 0 bridgehead atoms. The van der Waals surface area contributed by atoms with Crippen LogP contribution in [0.25, 0.3) is 0 Å². The van der Waals surface area contributed by atoms with Crippen LogP contribution in [-0.4, -0.2) is 18.0 Å². The average molecular weight is 276 g/mol. The summed E-state index contributed by atoms with van der Waals surface area (Å²) in [6, 6.07) is 7.64. The van der Waals surface area contributed by atoms with Crippen LogP contribution in [0.5, 0.6) is 0 Å². The van der Waals surface area contributed by atoms with Crippen molar-refractivity contribution in [1.82, 2.24) is 5.32 Å². The normalized spacial score (nSPS) is 26.4. The molecule has 0 aromatic heterocycles. The summed E-state index contributed by atoms with van der Waals surface area (Å²) in [6.07, 6.45) is 5.65. The maximum atomic E-state index is 11.1. The van der Waals surface area contributed by atoms with Crippen molar-refractivity contribution in [3.63, 3.8) is 0 Å². The first-order valence-electron chi connectivity index (χ1n) is 7.55. The minimum atomic E-state index is -0.260. The van der Waals surface area contributed by atoms with Crippen LogP contribution in [-0.2, 0) is 6.42 Å². The molecule has 0 saturated heterocycles. The van der Waals surface area contributed by atoms with Crippen molar-refractivity contribution < 1.29 is 4.92 Å². The molecular formula is C16H24N2O2. The highest BCUT2D eigenvalue weighted by Gasteiger charge is 2.30. The number of hydrogen-bond acceptors (Lipinski definition) is 3. The van der Waals surface area contributed by atoms with E-state index in [-0.39, 0.29) is 10.6 Å². The number of rotatable bonds is 5. The fourth-order valence-corrected chi connectivity index (χ4v) is 3.48. The molecule has 1 N–H and O–H groups in total. The predicted molar refractivity (Wildman–Crippen MR) is 80.8 cm³/mol. The summed E-state index contributed by atoms with van der Waals surface area (Å²) in [5.41, 5.74) is 1.14. The summed E-state index contributed by atoms with van der Waals surface area (Å²) in [7, 11) is 2.00. The maximum Gasteiger partial charge on any atom is 0.272 e. The van der Waals surface area contributed by atoms with Crippen molar-refractivity contribution in [2.45, 2.75) is 45.1 Å². The van der Waals surface area contributed by atoms with E-state index < -0.39 is 0 Å². The van der Waals surface area contributed by atoms with Gasteiger partial charge in [-0.15, -0.1) is 0 Å². The predicted octanol–water partition coefficient (Wildman–Crippen LogP) is 3.55. The van der Waals surface area contributed by atoms with Crippen LogP contribution in [0.2, 0.25) is 0 Å². The Morgan fingerprint density at radius 3 is 2.75 bits per heavy atom. The van der Waals surface area contributed by atoms with Crippen LogP contribution < -0.4 is 5.32 Å². The SMILES string of the molecule is CCC1CCC(NC)C(Cc2ccccc2[N+](=O)[O-])C1. The lowest BCUT2D eigenvalue weighted by atomic mass is 9.74. The quantitative estimate of drug-likeness (QED) is 0.661. The molecule has 4 heteroatoms. The molecule has 1 saturated carbocycles. The van der Waals surface area contributed by atoms with Gasteiger partial charge in [0.25, 0.3) is 5.69 Å². The molecule has 1 fully saturated rings. The van der Waals surface area contributed by atoms with Gasteiger partial charge in [0.05, 0.1) is 4.92 Å². The maximum absolute atomic E-state index is 11.1. The molecule has 0 aliphatic heterocycles. The van der Waals surface area contributed by atoms with Gasteiger partial charge in [0, 0.05) is 17.7 Å². The minimum absolute atomic E-state index is 0.260. The fraction of sp³-hybridized carbons (Fsp3) is 0.625. The largest absolute Gasteiger partial charge is 0.317 e. The zero-order valence-electron chi connectivity index (χ0n) is 12.3. The summed E-state index contributed by atoms with van der Waals surface area (Å²) in [5, 5.41) is 14.5. The highest BCUT2D eigenvalue weighted by molar-refractivity contribution is 5.40. The Labute approximate surface area is 120 Å². The van der Waals surface area contributed by atoms with Crippen LogP contribution in [0.3, 0.4) is 0 Å². The Balaban J connectivity index is 2.16. The van der Waals surface area contributed by atoms with E-state index in [2.05, 4.69) is 12.2 Å². The third-order valence-corrected chi connectivity index (χ3v) is 4.71. The molecule has 110 valence electrons. The number of nitrogens with one attached hydrogen (secondary N) is 1. The molecule has 0 radical (unpaired) electrons. The Morgan fingerprint density at radius 1 is 1.35 bits per heavy atom. The van der Waals surface area contributed by atoms with Crippen molar-refractivity contribution in [3.8, 4) is 0 Å². The lowest BCUT2D eigenvalue weighted by molar-refractivity contribution is -0.385. The number of para-hydroxylation sites is 1. The van der Waals surface area contributed by atoms with Gasteiger partial charge in [0.15, 0.2) is 0 Å². The molecule has 1 aliphatic rings.